The summed E-state index contributed by atoms with van der Waals surface area (Å²) in [6, 6.07) is 17.5. The fourth-order valence-corrected chi connectivity index (χ4v) is 4.18. The van der Waals surface area contributed by atoms with Crippen molar-refractivity contribution in [2.75, 3.05) is 0 Å². The van der Waals surface area contributed by atoms with Crippen LogP contribution in [0.1, 0.15) is 5.56 Å². The summed E-state index contributed by atoms with van der Waals surface area (Å²) in [5.41, 5.74) is 3.31. The molecular weight excluding hydrogens is 326 g/mol. The Morgan fingerprint density at radius 3 is 2.74 bits per heavy atom. The van der Waals surface area contributed by atoms with Gasteiger partial charge in [-0.1, -0.05) is 54.2 Å². The molecule has 6 heteroatoms. The van der Waals surface area contributed by atoms with Gasteiger partial charge in [-0.25, -0.2) is 0 Å². The minimum Gasteiger partial charge on any atom is -0.508 e. The Bertz CT molecular complexity index is 947. The van der Waals surface area contributed by atoms with Crippen molar-refractivity contribution in [2.45, 2.75) is 10.9 Å². The van der Waals surface area contributed by atoms with Crippen LogP contribution in [0, 0.1) is 0 Å². The van der Waals surface area contributed by atoms with E-state index in [0.717, 1.165) is 32.7 Å². The molecule has 23 heavy (non-hydrogen) atoms. The van der Waals surface area contributed by atoms with Crippen molar-refractivity contribution in [1.82, 2.24) is 14.6 Å². The summed E-state index contributed by atoms with van der Waals surface area (Å²) in [7, 11) is 0. The number of thiazole rings is 1. The van der Waals surface area contributed by atoms with Crippen LogP contribution in [0.4, 0.5) is 0 Å². The zero-order valence-corrected chi connectivity index (χ0v) is 13.7. The average Bonchev–Trinajstić information content (AvgIpc) is 3.16. The SMILES string of the molecule is Oc1cccc(CSc2nnc3scc(-c4ccccc4)n23)c1. The second-order valence-corrected chi connectivity index (χ2v) is 6.83. The molecule has 0 fully saturated rings. The maximum Gasteiger partial charge on any atom is 0.217 e. The molecule has 0 aliphatic carbocycles. The Hall–Kier alpha value is -2.31. The van der Waals surface area contributed by atoms with E-state index in [1.807, 2.05) is 30.3 Å². The molecule has 0 unspecified atom stereocenters. The number of aromatic hydroxyl groups is 1. The Labute approximate surface area is 141 Å². The highest BCUT2D eigenvalue weighted by Gasteiger charge is 2.13. The summed E-state index contributed by atoms with van der Waals surface area (Å²) < 4.78 is 2.09. The van der Waals surface area contributed by atoms with E-state index < -0.39 is 0 Å². The van der Waals surface area contributed by atoms with E-state index in [0.29, 0.717) is 0 Å². The fourth-order valence-electron chi connectivity index (χ4n) is 2.39. The lowest BCUT2D eigenvalue weighted by atomic mass is 10.2. The Balaban J connectivity index is 1.67. The van der Waals surface area contributed by atoms with Crippen molar-refractivity contribution >= 4 is 28.1 Å². The smallest absolute Gasteiger partial charge is 0.217 e. The van der Waals surface area contributed by atoms with Crippen molar-refractivity contribution in [2.24, 2.45) is 0 Å². The molecule has 0 aliphatic heterocycles. The van der Waals surface area contributed by atoms with E-state index in [9.17, 15) is 5.11 Å². The Morgan fingerprint density at radius 1 is 1.04 bits per heavy atom. The minimum atomic E-state index is 0.287. The Kier molecular flexibility index (Phi) is 3.77. The quantitative estimate of drug-likeness (QED) is 0.558. The van der Waals surface area contributed by atoms with Gasteiger partial charge in [-0.2, -0.15) is 0 Å². The van der Waals surface area contributed by atoms with Gasteiger partial charge in [-0.15, -0.1) is 21.5 Å². The molecule has 0 spiro atoms. The van der Waals surface area contributed by atoms with E-state index in [2.05, 4.69) is 32.1 Å². The molecule has 114 valence electrons. The van der Waals surface area contributed by atoms with Crippen LogP contribution in [0.25, 0.3) is 16.2 Å². The van der Waals surface area contributed by atoms with Crippen molar-refractivity contribution < 1.29 is 5.11 Å². The molecule has 4 nitrogen and oxygen atoms in total. The van der Waals surface area contributed by atoms with E-state index in [1.54, 1.807) is 35.2 Å². The zero-order valence-electron chi connectivity index (χ0n) is 12.1. The van der Waals surface area contributed by atoms with E-state index in [4.69, 9.17) is 0 Å². The van der Waals surface area contributed by atoms with Crippen LogP contribution in [0.15, 0.2) is 65.1 Å². The highest BCUT2D eigenvalue weighted by atomic mass is 32.2. The topological polar surface area (TPSA) is 50.4 Å². The van der Waals surface area contributed by atoms with Gasteiger partial charge in [-0.3, -0.25) is 4.40 Å². The third kappa shape index (κ3) is 2.83. The summed E-state index contributed by atoms with van der Waals surface area (Å²) in [6.07, 6.45) is 0. The number of phenols is 1. The molecule has 2 aromatic heterocycles. The highest BCUT2D eigenvalue weighted by molar-refractivity contribution is 7.98. The lowest BCUT2D eigenvalue weighted by Crippen LogP contribution is -1.90. The van der Waals surface area contributed by atoms with Crippen molar-refractivity contribution in [3.05, 3.63) is 65.5 Å². The van der Waals surface area contributed by atoms with E-state index in [-0.39, 0.29) is 5.75 Å². The fraction of sp³-hybridized carbons (Fsp3) is 0.0588. The molecule has 2 aromatic carbocycles. The van der Waals surface area contributed by atoms with E-state index >= 15 is 0 Å². The molecule has 4 rings (SSSR count). The molecule has 2 heterocycles. The molecule has 0 saturated heterocycles. The van der Waals surface area contributed by atoms with Gasteiger partial charge < -0.3 is 5.11 Å². The normalized spacial score (nSPS) is 11.1. The minimum absolute atomic E-state index is 0.287. The van der Waals surface area contributed by atoms with Crippen LogP contribution in [-0.2, 0) is 5.75 Å². The van der Waals surface area contributed by atoms with Crippen LogP contribution in [0.3, 0.4) is 0 Å². The van der Waals surface area contributed by atoms with E-state index in [1.165, 1.54) is 0 Å². The van der Waals surface area contributed by atoms with Crippen LogP contribution >= 0.6 is 23.1 Å². The molecule has 0 saturated carbocycles. The third-order valence-corrected chi connectivity index (χ3v) is 5.28. The van der Waals surface area contributed by atoms with Gasteiger partial charge in [0.2, 0.25) is 4.96 Å². The summed E-state index contributed by atoms with van der Waals surface area (Å²) in [5, 5.41) is 21.1. The summed E-state index contributed by atoms with van der Waals surface area (Å²) in [4.78, 5) is 0.891. The lowest BCUT2D eigenvalue weighted by Gasteiger charge is -2.03. The summed E-state index contributed by atoms with van der Waals surface area (Å²) in [6.45, 7) is 0. The molecule has 0 aliphatic rings. The molecule has 1 N–H and O–H groups in total. The van der Waals surface area contributed by atoms with Gasteiger partial charge in [-0.05, 0) is 23.3 Å². The largest absolute Gasteiger partial charge is 0.508 e. The number of hydrogen-bond donors (Lipinski definition) is 1. The number of thioether (sulfide) groups is 1. The van der Waals surface area contributed by atoms with Gasteiger partial charge >= 0.3 is 0 Å². The van der Waals surface area contributed by atoms with Crippen LogP contribution < -0.4 is 0 Å². The number of nitrogens with zero attached hydrogens (tertiary/aromatic N) is 3. The first kappa shape index (κ1) is 14.3. The number of rotatable bonds is 4. The number of phenolic OH excluding ortho intramolecular Hbond substituents is 1. The first-order valence-electron chi connectivity index (χ1n) is 7.10. The van der Waals surface area contributed by atoms with Crippen LogP contribution in [-0.4, -0.2) is 19.7 Å². The molecule has 0 amide bonds. The number of aromatic nitrogens is 3. The van der Waals surface area contributed by atoms with Gasteiger partial charge in [0.05, 0.1) is 5.69 Å². The molecule has 0 bridgehead atoms. The Morgan fingerprint density at radius 2 is 1.91 bits per heavy atom. The van der Waals surface area contributed by atoms with Crippen molar-refractivity contribution in [1.29, 1.82) is 0 Å². The molecule has 4 aromatic rings. The van der Waals surface area contributed by atoms with Gasteiger partial charge in [0.1, 0.15) is 5.75 Å². The second kappa shape index (κ2) is 6.06. The predicted molar refractivity (Wildman–Crippen MR) is 94.0 cm³/mol. The number of fused-ring (bicyclic) bond motifs is 1. The first-order chi connectivity index (χ1) is 11.3. The van der Waals surface area contributed by atoms with Gasteiger partial charge in [0.25, 0.3) is 0 Å². The maximum atomic E-state index is 9.56. The maximum absolute atomic E-state index is 9.56. The lowest BCUT2D eigenvalue weighted by molar-refractivity contribution is 0.475. The van der Waals surface area contributed by atoms with Crippen LogP contribution in [0.2, 0.25) is 0 Å². The molecular formula is C17H13N3OS2. The van der Waals surface area contributed by atoms with Crippen molar-refractivity contribution in [3.63, 3.8) is 0 Å². The highest BCUT2D eigenvalue weighted by Crippen LogP contribution is 2.31. The number of benzene rings is 2. The summed E-state index contributed by atoms with van der Waals surface area (Å²) in [5.74, 6) is 1.02. The third-order valence-electron chi connectivity index (χ3n) is 3.47. The molecule has 0 atom stereocenters. The van der Waals surface area contributed by atoms with Gasteiger partial charge in [0, 0.05) is 11.1 Å². The second-order valence-electron chi connectivity index (χ2n) is 5.05. The van der Waals surface area contributed by atoms with Gasteiger partial charge in [0.15, 0.2) is 5.16 Å². The summed E-state index contributed by atoms with van der Waals surface area (Å²) >= 11 is 3.21. The predicted octanol–water partition coefficient (Wildman–Crippen LogP) is 4.46. The average molecular weight is 339 g/mol. The zero-order chi connectivity index (χ0) is 15.6. The van der Waals surface area contributed by atoms with Crippen LogP contribution in [0.5, 0.6) is 5.75 Å². The monoisotopic (exact) mass is 339 g/mol. The van der Waals surface area contributed by atoms with Crippen molar-refractivity contribution in [3.8, 4) is 17.0 Å². The molecule has 0 radical (unpaired) electrons. The first-order valence-corrected chi connectivity index (χ1v) is 8.96. The number of hydrogen-bond acceptors (Lipinski definition) is 5. The standard InChI is InChI=1S/C17H13N3OS2/c21-14-8-4-5-12(9-14)10-22-16-18-19-17-20(16)15(11-23-17)13-6-2-1-3-7-13/h1-9,11,21H,10H2.